The highest BCUT2D eigenvalue weighted by atomic mass is 16.4. The number of amides is 1. The molecule has 1 rings (SSSR count). The molecule has 0 radical (unpaired) electrons. The van der Waals surface area contributed by atoms with Crippen molar-refractivity contribution >= 4 is 11.9 Å². The molecule has 21 heavy (non-hydrogen) atoms. The Morgan fingerprint density at radius 3 is 2.19 bits per heavy atom. The lowest BCUT2D eigenvalue weighted by atomic mass is 10.1. The fraction of sp³-hybridized carbons (Fsp3) is 0.250. The minimum atomic E-state index is -1.07. The third kappa shape index (κ3) is 6.05. The molecule has 0 atom stereocenters. The van der Waals surface area contributed by atoms with Gasteiger partial charge in [-0.25, -0.2) is 0 Å². The largest absolute Gasteiger partial charge is 0.480 e. The van der Waals surface area contributed by atoms with Gasteiger partial charge in [0.15, 0.2) is 0 Å². The second-order valence-corrected chi connectivity index (χ2v) is 4.54. The van der Waals surface area contributed by atoms with E-state index in [4.69, 9.17) is 5.11 Å². The Balaban J connectivity index is 2.63. The van der Waals surface area contributed by atoms with Gasteiger partial charge >= 0.3 is 5.97 Å². The predicted octanol–water partition coefficient (Wildman–Crippen LogP) is 1.67. The molecule has 5 heteroatoms. The van der Waals surface area contributed by atoms with E-state index in [-0.39, 0.29) is 6.54 Å². The fourth-order valence-electron chi connectivity index (χ4n) is 1.85. The van der Waals surface area contributed by atoms with E-state index < -0.39 is 11.9 Å². The number of benzene rings is 1. The van der Waals surface area contributed by atoms with Gasteiger partial charge in [-0.3, -0.25) is 14.5 Å². The van der Waals surface area contributed by atoms with E-state index in [1.807, 2.05) is 24.3 Å². The number of carboxylic acid groups (broad SMARTS) is 1. The summed E-state index contributed by atoms with van der Waals surface area (Å²) in [5.74, 6) is -1.46. The number of nitrogens with one attached hydrogen (secondary N) is 1. The molecule has 0 fully saturated rings. The van der Waals surface area contributed by atoms with Crippen LogP contribution >= 0.6 is 0 Å². The summed E-state index contributed by atoms with van der Waals surface area (Å²) >= 11 is 0. The SMILES string of the molecule is C=CCN(CC=C)Cc1ccc(C(=O)NCC(=O)O)cc1. The van der Waals surface area contributed by atoms with Gasteiger partial charge in [-0.05, 0) is 17.7 Å². The molecule has 112 valence electrons. The lowest BCUT2D eigenvalue weighted by Crippen LogP contribution is -2.29. The number of hydrogen-bond donors (Lipinski definition) is 2. The third-order valence-electron chi connectivity index (χ3n) is 2.80. The van der Waals surface area contributed by atoms with Crippen LogP contribution in [0, 0.1) is 0 Å². The van der Waals surface area contributed by atoms with Crippen molar-refractivity contribution in [3.63, 3.8) is 0 Å². The smallest absolute Gasteiger partial charge is 0.322 e. The van der Waals surface area contributed by atoms with Crippen LogP contribution in [-0.2, 0) is 11.3 Å². The summed E-state index contributed by atoms with van der Waals surface area (Å²) in [6, 6.07) is 7.09. The highest BCUT2D eigenvalue weighted by molar-refractivity contribution is 5.95. The quantitative estimate of drug-likeness (QED) is 0.678. The van der Waals surface area contributed by atoms with E-state index >= 15 is 0 Å². The Morgan fingerprint density at radius 2 is 1.71 bits per heavy atom. The molecule has 0 saturated carbocycles. The van der Waals surface area contributed by atoms with Crippen LogP contribution in [0.25, 0.3) is 0 Å². The summed E-state index contributed by atoms with van der Waals surface area (Å²) in [5.41, 5.74) is 1.51. The Kier molecular flexibility index (Phi) is 6.91. The molecule has 0 aromatic heterocycles. The van der Waals surface area contributed by atoms with Crippen molar-refractivity contribution in [1.29, 1.82) is 0 Å². The Bertz CT molecular complexity index is 499. The maximum Gasteiger partial charge on any atom is 0.322 e. The summed E-state index contributed by atoms with van der Waals surface area (Å²) < 4.78 is 0. The molecule has 0 unspecified atom stereocenters. The summed E-state index contributed by atoms with van der Waals surface area (Å²) in [6.45, 7) is 9.30. The van der Waals surface area contributed by atoms with Gasteiger partial charge in [-0.1, -0.05) is 24.3 Å². The van der Waals surface area contributed by atoms with Crippen molar-refractivity contribution in [3.8, 4) is 0 Å². The van der Waals surface area contributed by atoms with E-state index in [2.05, 4.69) is 23.4 Å². The number of carbonyl (C=O) groups is 2. The first-order chi connectivity index (χ1) is 10.1. The minimum Gasteiger partial charge on any atom is -0.480 e. The molecule has 0 aliphatic heterocycles. The van der Waals surface area contributed by atoms with Crippen LogP contribution in [0.4, 0.5) is 0 Å². The maximum atomic E-state index is 11.7. The minimum absolute atomic E-state index is 0.382. The van der Waals surface area contributed by atoms with Gasteiger partial charge in [0.2, 0.25) is 0 Å². The molecule has 0 saturated heterocycles. The monoisotopic (exact) mass is 288 g/mol. The molecule has 0 aliphatic rings. The topological polar surface area (TPSA) is 69.6 Å². The summed E-state index contributed by atoms with van der Waals surface area (Å²) in [6.07, 6.45) is 3.66. The molecule has 0 aliphatic carbocycles. The van der Waals surface area contributed by atoms with Crippen molar-refractivity contribution in [3.05, 3.63) is 60.7 Å². The molecule has 2 N–H and O–H groups in total. The molecule has 1 amide bonds. The Morgan fingerprint density at radius 1 is 1.14 bits per heavy atom. The van der Waals surface area contributed by atoms with Crippen LogP contribution in [-0.4, -0.2) is 41.5 Å². The maximum absolute atomic E-state index is 11.7. The van der Waals surface area contributed by atoms with E-state index in [1.165, 1.54) is 0 Å². The summed E-state index contributed by atoms with van der Waals surface area (Å²) in [5, 5.41) is 10.8. The molecule has 0 heterocycles. The summed E-state index contributed by atoms with van der Waals surface area (Å²) in [4.78, 5) is 24.2. The van der Waals surface area contributed by atoms with Crippen LogP contribution in [0.15, 0.2) is 49.6 Å². The standard InChI is InChI=1S/C16H20N2O3/c1-3-9-18(10-4-2)12-13-5-7-14(8-6-13)16(21)17-11-15(19)20/h3-8H,1-2,9-12H2,(H,17,21)(H,19,20). The van der Waals surface area contributed by atoms with E-state index in [0.717, 1.165) is 25.2 Å². The fourth-order valence-corrected chi connectivity index (χ4v) is 1.85. The van der Waals surface area contributed by atoms with Gasteiger partial charge in [-0.2, -0.15) is 0 Å². The van der Waals surface area contributed by atoms with Crippen LogP contribution in [0.2, 0.25) is 0 Å². The first-order valence-corrected chi connectivity index (χ1v) is 6.60. The van der Waals surface area contributed by atoms with E-state index in [0.29, 0.717) is 5.56 Å². The third-order valence-corrected chi connectivity index (χ3v) is 2.80. The van der Waals surface area contributed by atoms with Crippen molar-refractivity contribution in [2.75, 3.05) is 19.6 Å². The second-order valence-electron chi connectivity index (χ2n) is 4.54. The van der Waals surface area contributed by atoms with Gasteiger partial charge in [0, 0.05) is 25.2 Å². The van der Waals surface area contributed by atoms with Crippen molar-refractivity contribution in [2.45, 2.75) is 6.54 Å². The van der Waals surface area contributed by atoms with Crippen molar-refractivity contribution in [1.82, 2.24) is 10.2 Å². The van der Waals surface area contributed by atoms with Crippen LogP contribution in [0.1, 0.15) is 15.9 Å². The number of carbonyl (C=O) groups excluding carboxylic acids is 1. The molecule has 0 spiro atoms. The van der Waals surface area contributed by atoms with Gasteiger partial charge < -0.3 is 10.4 Å². The Labute approximate surface area is 124 Å². The molecule has 1 aromatic rings. The molecule has 5 nitrogen and oxygen atoms in total. The predicted molar refractivity (Wildman–Crippen MR) is 82.1 cm³/mol. The molecule has 0 bridgehead atoms. The van der Waals surface area contributed by atoms with Crippen molar-refractivity contribution < 1.29 is 14.7 Å². The normalized spacial score (nSPS) is 10.1. The van der Waals surface area contributed by atoms with E-state index in [1.54, 1.807) is 12.1 Å². The number of aliphatic carboxylic acids is 1. The average Bonchev–Trinajstić information content (AvgIpc) is 2.46. The lowest BCUT2D eigenvalue weighted by Gasteiger charge is -2.18. The number of hydrogen-bond acceptors (Lipinski definition) is 3. The number of rotatable bonds is 9. The van der Waals surface area contributed by atoms with Gasteiger partial charge in [-0.15, -0.1) is 13.2 Å². The summed E-state index contributed by atoms with van der Waals surface area (Å²) in [7, 11) is 0. The van der Waals surface area contributed by atoms with Gasteiger partial charge in [0.25, 0.3) is 5.91 Å². The lowest BCUT2D eigenvalue weighted by molar-refractivity contribution is -0.135. The van der Waals surface area contributed by atoms with Gasteiger partial charge in [0.1, 0.15) is 6.54 Å². The number of carboxylic acids is 1. The van der Waals surface area contributed by atoms with E-state index in [9.17, 15) is 9.59 Å². The highest BCUT2D eigenvalue weighted by Gasteiger charge is 2.08. The Hall–Kier alpha value is -2.40. The molecule has 1 aromatic carbocycles. The zero-order chi connectivity index (χ0) is 15.7. The number of nitrogens with zero attached hydrogens (tertiary/aromatic N) is 1. The van der Waals surface area contributed by atoms with Gasteiger partial charge in [0.05, 0.1) is 0 Å². The van der Waals surface area contributed by atoms with Crippen LogP contribution in [0.3, 0.4) is 0 Å². The van der Waals surface area contributed by atoms with Crippen LogP contribution in [0.5, 0.6) is 0 Å². The first-order valence-electron chi connectivity index (χ1n) is 6.60. The molecular weight excluding hydrogens is 268 g/mol. The second kappa shape index (κ2) is 8.71. The molecular formula is C16H20N2O3. The van der Waals surface area contributed by atoms with Crippen molar-refractivity contribution in [2.24, 2.45) is 0 Å². The average molecular weight is 288 g/mol. The van der Waals surface area contributed by atoms with Crippen LogP contribution < -0.4 is 5.32 Å². The zero-order valence-corrected chi connectivity index (χ0v) is 11.9. The first kappa shape index (κ1) is 16.7. The zero-order valence-electron chi connectivity index (χ0n) is 11.9. The highest BCUT2D eigenvalue weighted by Crippen LogP contribution is 2.08.